The van der Waals surface area contributed by atoms with E-state index in [0.717, 1.165) is 6.54 Å². The second-order valence-electron chi connectivity index (χ2n) is 3.89. The minimum atomic E-state index is -0.438. The van der Waals surface area contributed by atoms with E-state index in [2.05, 4.69) is 11.9 Å². The summed E-state index contributed by atoms with van der Waals surface area (Å²) in [5, 5.41) is 3.01. The monoisotopic (exact) mass is 185 g/mol. The lowest BCUT2D eigenvalue weighted by Crippen LogP contribution is -2.28. The molecule has 1 N–H and O–H groups in total. The number of rotatable bonds is 4. The molecule has 0 aliphatic rings. The summed E-state index contributed by atoms with van der Waals surface area (Å²) >= 11 is 0. The van der Waals surface area contributed by atoms with Gasteiger partial charge in [0.2, 0.25) is 0 Å². The Labute approximate surface area is 80.2 Å². The summed E-state index contributed by atoms with van der Waals surface area (Å²) in [6, 6.07) is 0. The van der Waals surface area contributed by atoms with E-state index in [4.69, 9.17) is 4.74 Å². The van der Waals surface area contributed by atoms with Crippen LogP contribution in [0.15, 0.2) is 12.2 Å². The van der Waals surface area contributed by atoms with Gasteiger partial charge in [-0.3, -0.25) is 0 Å². The van der Waals surface area contributed by atoms with E-state index in [1.807, 2.05) is 27.7 Å². The Bertz CT molecular complexity index is 192. The van der Waals surface area contributed by atoms with E-state index < -0.39 is 5.60 Å². The zero-order valence-electron chi connectivity index (χ0n) is 8.94. The van der Waals surface area contributed by atoms with E-state index in [1.165, 1.54) is 0 Å². The minimum Gasteiger partial charge on any atom is -0.457 e. The average molecular weight is 185 g/mol. The van der Waals surface area contributed by atoms with Crippen molar-refractivity contribution < 1.29 is 9.53 Å². The number of ether oxygens (including phenoxy) is 1. The smallest absolute Gasteiger partial charge is 0.335 e. The van der Waals surface area contributed by atoms with Crippen molar-refractivity contribution in [2.75, 3.05) is 13.1 Å². The number of esters is 1. The van der Waals surface area contributed by atoms with Gasteiger partial charge in [-0.2, -0.15) is 0 Å². The van der Waals surface area contributed by atoms with E-state index >= 15 is 0 Å². The van der Waals surface area contributed by atoms with E-state index in [0.29, 0.717) is 12.1 Å². The lowest BCUT2D eigenvalue weighted by Gasteiger charge is -2.20. The number of carbonyl (C=O) groups is 1. The van der Waals surface area contributed by atoms with Gasteiger partial charge < -0.3 is 10.1 Å². The molecule has 76 valence electrons. The number of nitrogens with one attached hydrogen (secondary N) is 1. The predicted octanol–water partition coefficient (Wildman–Crippen LogP) is 1.49. The molecule has 3 nitrogen and oxygen atoms in total. The summed E-state index contributed by atoms with van der Waals surface area (Å²) < 4.78 is 5.12. The van der Waals surface area contributed by atoms with Crippen molar-refractivity contribution in [3.8, 4) is 0 Å². The maximum Gasteiger partial charge on any atom is 0.335 e. The predicted molar refractivity (Wildman–Crippen MR) is 53.5 cm³/mol. The van der Waals surface area contributed by atoms with Crippen molar-refractivity contribution in [1.29, 1.82) is 0 Å². The van der Waals surface area contributed by atoms with Crippen LogP contribution in [0, 0.1) is 0 Å². The molecule has 0 aliphatic heterocycles. The Balaban J connectivity index is 3.91. The number of carbonyl (C=O) groups excluding carboxylic acids is 1. The molecule has 0 bridgehead atoms. The van der Waals surface area contributed by atoms with Crippen LogP contribution >= 0.6 is 0 Å². The van der Waals surface area contributed by atoms with Gasteiger partial charge in [0.1, 0.15) is 5.60 Å². The topological polar surface area (TPSA) is 38.3 Å². The van der Waals surface area contributed by atoms with Crippen LogP contribution < -0.4 is 5.32 Å². The van der Waals surface area contributed by atoms with Crippen LogP contribution in [0.1, 0.15) is 27.7 Å². The van der Waals surface area contributed by atoms with Gasteiger partial charge in [-0.05, 0) is 27.3 Å². The zero-order valence-corrected chi connectivity index (χ0v) is 8.94. The molecule has 0 saturated heterocycles. The Morgan fingerprint density at radius 3 is 2.38 bits per heavy atom. The fourth-order valence-corrected chi connectivity index (χ4v) is 0.698. The van der Waals surface area contributed by atoms with Gasteiger partial charge in [0.05, 0.1) is 0 Å². The highest BCUT2D eigenvalue weighted by Crippen LogP contribution is 2.09. The number of hydrogen-bond donors (Lipinski definition) is 1. The third-order valence-electron chi connectivity index (χ3n) is 1.28. The van der Waals surface area contributed by atoms with Gasteiger partial charge in [0, 0.05) is 12.1 Å². The van der Waals surface area contributed by atoms with Crippen molar-refractivity contribution in [2.24, 2.45) is 0 Å². The van der Waals surface area contributed by atoms with Crippen molar-refractivity contribution >= 4 is 5.97 Å². The third kappa shape index (κ3) is 6.34. The van der Waals surface area contributed by atoms with Gasteiger partial charge in [-0.15, -0.1) is 0 Å². The van der Waals surface area contributed by atoms with Crippen LogP contribution in [0.3, 0.4) is 0 Å². The van der Waals surface area contributed by atoms with Crippen molar-refractivity contribution in [3.63, 3.8) is 0 Å². The van der Waals surface area contributed by atoms with Crippen molar-refractivity contribution in [2.45, 2.75) is 33.3 Å². The highest BCUT2D eigenvalue weighted by molar-refractivity contribution is 5.88. The second kappa shape index (κ2) is 5.02. The lowest BCUT2D eigenvalue weighted by atomic mass is 10.2. The maximum absolute atomic E-state index is 11.3. The highest BCUT2D eigenvalue weighted by Gasteiger charge is 2.17. The Kier molecular flexibility index (Phi) is 4.70. The summed E-state index contributed by atoms with van der Waals surface area (Å²) in [7, 11) is 0. The molecule has 0 radical (unpaired) electrons. The van der Waals surface area contributed by atoms with Crippen LogP contribution in [0.25, 0.3) is 0 Å². The first-order valence-corrected chi connectivity index (χ1v) is 4.48. The van der Waals surface area contributed by atoms with Gasteiger partial charge in [0.15, 0.2) is 0 Å². The van der Waals surface area contributed by atoms with E-state index in [9.17, 15) is 4.79 Å². The van der Waals surface area contributed by atoms with Crippen LogP contribution in [-0.2, 0) is 9.53 Å². The molecule has 0 aliphatic carbocycles. The molecule has 0 fully saturated rings. The molecule has 13 heavy (non-hydrogen) atoms. The fraction of sp³-hybridized carbons (Fsp3) is 0.700. The second-order valence-corrected chi connectivity index (χ2v) is 3.89. The summed E-state index contributed by atoms with van der Waals surface area (Å²) in [5.74, 6) is -0.326. The van der Waals surface area contributed by atoms with Gasteiger partial charge in [-0.1, -0.05) is 13.5 Å². The van der Waals surface area contributed by atoms with Gasteiger partial charge >= 0.3 is 5.97 Å². The number of hydrogen-bond acceptors (Lipinski definition) is 3. The standard InChI is InChI=1S/C10H19NO2/c1-6-11-7-8(2)9(12)13-10(3,4)5/h11H,2,6-7H2,1,3-5H3. The Morgan fingerprint density at radius 1 is 1.46 bits per heavy atom. The summed E-state index contributed by atoms with van der Waals surface area (Å²) in [6.07, 6.45) is 0. The molecule has 0 aromatic rings. The van der Waals surface area contributed by atoms with E-state index in [-0.39, 0.29) is 5.97 Å². The average Bonchev–Trinajstić information content (AvgIpc) is 1.96. The van der Waals surface area contributed by atoms with Crippen LogP contribution in [-0.4, -0.2) is 24.7 Å². The Morgan fingerprint density at radius 2 is 2.00 bits per heavy atom. The molecule has 0 aromatic heterocycles. The van der Waals surface area contributed by atoms with Crippen LogP contribution in [0.5, 0.6) is 0 Å². The molecule has 0 unspecified atom stereocenters. The molecular formula is C10H19NO2. The molecular weight excluding hydrogens is 166 g/mol. The Hall–Kier alpha value is -0.830. The molecule has 3 heteroatoms. The first-order chi connectivity index (χ1) is 5.87. The summed E-state index contributed by atoms with van der Waals surface area (Å²) in [4.78, 5) is 11.3. The van der Waals surface area contributed by atoms with Gasteiger partial charge in [0.25, 0.3) is 0 Å². The molecule has 0 rings (SSSR count). The van der Waals surface area contributed by atoms with Gasteiger partial charge in [-0.25, -0.2) is 4.79 Å². The normalized spacial score (nSPS) is 11.1. The lowest BCUT2D eigenvalue weighted by molar-refractivity contribution is -0.149. The molecule has 0 aromatic carbocycles. The number of likely N-dealkylation sites (N-methyl/N-ethyl adjacent to an activating group) is 1. The quantitative estimate of drug-likeness (QED) is 0.532. The van der Waals surface area contributed by atoms with Crippen LogP contribution in [0.4, 0.5) is 0 Å². The maximum atomic E-state index is 11.3. The van der Waals surface area contributed by atoms with E-state index in [1.54, 1.807) is 0 Å². The SMILES string of the molecule is C=C(CNCC)C(=O)OC(C)(C)C. The fourth-order valence-electron chi connectivity index (χ4n) is 0.698. The summed E-state index contributed by atoms with van der Waals surface area (Å²) in [6.45, 7) is 12.4. The highest BCUT2D eigenvalue weighted by atomic mass is 16.6. The molecule has 0 atom stereocenters. The minimum absolute atomic E-state index is 0.326. The largest absolute Gasteiger partial charge is 0.457 e. The zero-order chi connectivity index (χ0) is 10.5. The van der Waals surface area contributed by atoms with Crippen molar-refractivity contribution in [3.05, 3.63) is 12.2 Å². The first kappa shape index (κ1) is 12.2. The first-order valence-electron chi connectivity index (χ1n) is 4.48. The molecule has 0 spiro atoms. The van der Waals surface area contributed by atoms with Crippen LogP contribution in [0.2, 0.25) is 0 Å². The van der Waals surface area contributed by atoms with Crippen molar-refractivity contribution in [1.82, 2.24) is 5.32 Å². The third-order valence-corrected chi connectivity index (χ3v) is 1.28. The molecule has 0 heterocycles. The molecule has 0 amide bonds. The molecule has 0 saturated carbocycles. The summed E-state index contributed by atoms with van der Waals surface area (Å²) in [5.41, 5.74) is 0.0310.